The molecule has 1 aromatic rings. The molecule has 3 aliphatic carbocycles. The molecule has 0 unspecified atom stereocenters. The molecule has 0 aromatic heterocycles. The van der Waals surface area contributed by atoms with E-state index in [-0.39, 0.29) is 0 Å². The molecule has 0 bridgehead atoms. The fourth-order valence-electron chi connectivity index (χ4n) is 6.36. The van der Waals surface area contributed by atoms with Crippen LogP contribution in [0.5, 0.6) is 0 Å². The fraction of sp³-hybridized carbons (Fsp3) is 0.556. The summed E-state index contributed by atoms with van der Waals surface area (Å²) < 4.78 is 0. The predicted molar refractivity (Wildman–Crippen MR) is 75.4 cm³/mol. The van der Waals surface area contributed by atoms with Crippen LogP contribution < -0.4 is 0 Å². The molecule has 4 rings (SSSR count). The summed E-state index contributed by atoms with van der Waals surface area (Å²) in [7, 11) is 0. The van der Waals surface area contributed by atoms with Crippen LogP contribution in [0.25, 0.3) is 0 Å². The van der Waals surface area contributed by atoms with Gasteiger partial charge in [-0.2, -0.15) is 0 Å². The molecule has 0 spiro atoms. The van der Waals surface area contributed by atoms with Gasteiger partial charge in [0.2, 0.25) is 0 Å². The standard InChI is InChI=1S/C18H22/c1-4-12-16(2)17(3)14-10-11-15(14)18(16,17)13-8-6-5-7-9-13/h4-9,14-15H,1,10-12H2,2-3H3/t14-,15+,16-,17+,18-/m1/s1. The second-order valence-electron chi connectivity index (χ2n) is 6.99. The number of benzene rings is 1. The van der Waals surface area contributed by atoms with Crippen LogP contribution in [0.3, 0.4) is 0 Å². The van der Waals surface area contributed by atoms with Gasteiger partial charge in [0.15, 0.2) is 0 Å². The third-order valence-electron chi connectivity index (χ3n) is 7.13. The second kappa shape index (κ2) is 2.92. The summed E-state index contributed by atoms with van der Waals surface area (Å²) >= 11 is 0. The van der Waals surface area contributed by atoms with Gasteiger partial charge in [-0.05, 0) is 47.5 Å². The lowest BCUT2D eigenvalue weighted by Gasteiger charge is -2.58. The normalized spacial score (nSPS) is 51.4. The van der Waals surface area contributed by atoms with E-state index in [4.69, 9.17) is 0 Å². The van der Waals surface area contributed by atoms with Crippen molar-refractivity contribution in [3.8, 4) is 0 Å². The Labute approximate surface area is 110 Å². The molecule has 0 amide bonds. The molecular weight excluding hydrogens is 216 g/mol. The monoisotopic (exact) mass is 238 g/mol. The molecule has 0 N–H and O–H groups in total. The van der Waals surface area contributed by atoms with E-state index in [1.165, 1.54) is 19.3 Å². The van der Waals surface area contributed by atoms with E-state index in [0.717, 1.165) is 11.8 Å². The summed E-state index contributed by atoms with van der Waals surface area (Å²) in [5, 5.41) is 0. The molecule has 5 atom stereocenters. The van der Waals surface area contributed by atoms with E-state index in [2.05, 4.69) is 56.8 Å². The number of hydrogen-bond donors (Lipinski definition) is 0. The summed E-state index contributed by atoms with van der Waals surface area (Å²) in [6.45, 7) is 9.07. The van der Waals surface area contributed by atoms with Crippen molar-refractivity contribution in [2.45, 2.75) is 38.5 Å². The van der Waals surface area contributed by atoms with Crippen molar-refractivity contribution < 1.29 is 0 Å². The Bertz CT molecular complexity index is 516. The summed E-state index contributed by atoms with van der Waals surface area (Å²) in [5.41, 5.74) is 3.06. The van der Waals surface area contributed by atoms with Gasteiger partial charge in [0.1, 0.15) is 0 Å². The average Bonchev–Trinajstić information content (AvgIpc) is 2.69. The van der Waals surface area contributed by atoms with Crippen LogP contribution in [-0.4, -0.2) is 0 Å². The Morgan fingerprint density at radius 1 is 1.17 bits per heavy atom. The highest BCUT2D eigenvalue weighted by Gasteiger charge is 2.95. The van der Waals surface area contributed by atoms with Crippen LogP contribution in [-0.2, 0) is 5.41 Å². The van der Waals surface area contributed by atoms with Crippen molar-refractivity contribution in [3.63, 3.8) is 0 Å². The van der Waals surface area contributed by atoms with Gasteiger partial charge in [0.25, 0.3) is 0 Å². The summed E-state index contributed by atoms with van der Waals surface area (Å²) in [6.07, 6.45) is 6.23. The van der Waals surface area contributed by atoms with Gasteiger partial charge in [-0.1, -0.05) is 50.3 Å². The zero-order valence-corrected chi connectivity index (χ0v) is 11.4. The molecule has 3 aliphatic rings. The lowest BCUT2D eigenvalue weighted by molar-refractivity contribution is -0.0483. The first kappa shape index (κ1) is 10.8. The highest BCUT2D eigenvalue weighted by atomic mass is 15.0. The Balaban J connectivity index is 1.87. The maximum atomic E-state index is 4.01. The Kier molecular flexibility index (Phi) is 1.76. The van der Waals surface area contributed by atoms with Gasteiger partial charge < -0.3 is 0 Å². The molecule has 1 aromatic carbocycles. The van der Waals surface area contributed by atoms with E-state index in [9.17, 15) is 0 Å². The molecule has 94 valence electrons. The van der Waals surface area contributed by atoms with E-state index >= 15 is 0 Å². The highest BCUT2D eigenvalue weighted by Crippen LogP contribution is 2.97. The minimum absolute atomic E-state index is 0.453. The molecular formula is C18H22. The molecule has 0 heteroatoms. The van der Waals surface area contributed by atoms with E-state index < -0.39 is 0 Å². The molecule has 0 saturated heterocycles. The van der Waals surface area contributed by atoms with Crippen molar-refractivity contribution in [2.24, 2.45) is 22.7 Å². The minimum Gasteiger partial charge on any atom is -0.103 e. The highest BCUT2D eigenvalue weighted by molar-refractivity contribution is 5.55. The van der Waals surface area contributed by atoms with Crippen LogP contribution in [0, 0.1) is 22.7 Å². The van der Waals surface area contributed by atoms with E-state index in [1.807, 2.05) is 0 Å². The van der Waals surface area contributed by atoms with Crippen LogP contribution >= 0.6 is 0 Å². The third-order valence-corrected chi connectivity index (χ3v) is 7.13. The van der Waals surface area contributed by atoms with Crippen molar-refractivity contribution in [1.29, 1.82) is 0 Å². The lowest BCUT2D eigenvalue weighted by Crippen LogP contribution is -2.54. The quantitative estimate of drug-likeness (QED) is 0.677. The Hall–Kier alpha value is -1.04. The molecule has 3 saturated carbocycles. The topological polar surface area (TPSA) is 0 Å². The van der Waals surface area contributed by atoms with Crippen LogP contribution in [0.1, 0.15) is 38.7 Å². The number of hydrogen-bond acceptors (Lipinski definition) is 0. The van der Waals surface area contributed by atoms with Gasteiger partial charge in [-0.15, -0.1) is 6.58 Å². The zero-order chi connectivity index (χ0) is 12.6. The van der Waals surface area contributed by atoms with Gasteiger partial charge in [0.05, 0.1) is 0 Å². The smallest absolute Gasteiger partial charge is 0.0108 e. The summed E-state index contributed by atoms with van der Waals surface area (Å²) in [6, 6.07) is 11.3. The Morgan fingerprint density at radius 2 is 1.83 bits per heavy atom. The van der Waals surface area contributed by atoms with Crippen LogP contribution in [0.15, 0.2) is 43.0 Å². The van der Waals surface area contributed by atoms with Crippen molar-refractivity contribution >= 4 is 0 Å². The van der Waals surface area contributed by atoms with Gasteiger partial charge in [0, 0.05) is 5.41 Å². The van der Waals surface area contributed by atoms with E-state index in [0.29, 0.717) is 16.2 Å². The first-order chi connectivity index (χ1) is 8.64. The molecule has 18 heavy (non-hydrogen) atoms. The van der Waals surface area contributed by atoms with Gasteiger partial charge >= 0.3 is 0 Å². The number of allylic oxidation sites excluding steroid dienone is 1. The maximum Gasteiger partial charge on any atom is 0.0108 e. The average molecular weight is 238 g/mol. The van der Waals surface area contributed by atoms with Crippen LogP contribution in [0.4, 0.5) is 0 Å². The maximum absolute atomic E-state index is 4.01. The van der Waals surface area contributed by atoms with Gasteiger partial charge in [-0.25, -0.2) is 0 Å². The largest absolute Gasteiger partial charge is 0.103 e. The van der Waals surface area contributed by atoms with Crippen molar-refractivity contribution in [2.75, 3.05) is 0 Å². The molecule has 3 fully saturated rings. The van der Waals surface area contributed by atoms with Crippen molar-refractivity contribution in [1.82, 2.24) is 0 Å². The molecule has 0 aliphatic heterocycles. The third kappa shape index (κ3) is 0.735. The predicted octanol–water partition coefficient (Wildman–Crippen LogP) is 4.57. The first-order valence-electron chi connectivity index (χ1n) is 7.31. The summed E-state index contributed by atoms with van der Waals surface area (Å²) in [5.74, 6) is 1.94. The SMILES string of the molecule is C=CC[C@]1(C)[C@]2(C)[C@@H]3CC[C@@H]3[C@]12c1ccccc1. The molecule has 0 heterocycles. The fourth-order valence-corrected chi connectivity index (χ4v) is 6.36. The lowest BCUT2D eigenvalue weighted by atomic mass is 9.46. The second-order valence-corrected chi connectivity index (χ2v) is 6.99. The molecule has 0 nitrogen and oxygen atoms in total. The van der Waals surface area contributed by atoms with Gasteiger partial charge in [-0.3, -0.25) is 0 Å². The van der Waals surface area contributed by atoms with E-state index in [1.54, 1.807) is 5.56 Å². The first-order valence-corrected chi connectivity index (χ1v) is 7.31. The molecule has 0 radical (unpaired) electrons. The minimum atomic E-state index is 0.453. The van der Waals surface area contributed by atoms with Crippen LogP contribution in [0.2, 0.25) is 0 Å². The van der Waals surface area contributed by atoms with Crippen molar-refractivity contribution in [3.05, 3.63) is 48.6 Å². The zero-order valence-electron chi connectivity index (χ0n) is 11.4. The number of fused-ring (bicyclic) bond motifs is 4. The Morgan fingerprint density at radius 3 is 2.39 bits per heavy atom. The number of rotatable bonds is 3. The summed E-state index contributed by atoms with van der Waals surface area (Å²) in [4.78, 5) is 0.